The van der Waals surface area contributed by atoms with Crippen LogP contribution in [0.5, 0.6) is 5.75 Å². The van der Waals surface area contributed by atoms with Crippen LogP contribution < -0.4 is 4.74 Å². The summed E-state index contributed by atoms with van der Waals surface area (Å²) in [5.41, 5.74) is 1.47. The van der Waals surface area contributed by atoms with Gasteiger partial charge >= 0.3 is 5.97 Å². The van der Waals surface area contributed by atoms with E-state index in [2.05, 4.69) is 5.10 Å². The first-order valence-corrected chi connectivity index (χ1v) is 8.81. The van der Waals surface area contributed by atoms with Gasteiger partial charge in [0.05, 0.1) is 30.1 Å². The zero-order chi connectivity index (χ0) is 18.7. The molecule has 1 aliphatic heterocycles. The molecule has 2 aromatic rings. The number of carbonyl (C=O) groups is 2. The van der Waals surface area contributed by atoms with Gasteiger partial charge in [-0.25, -0.2) is 4.79 Å². The van der Waals surface area contributed by atoms with Crippen LogP contribution in [0, 0.1) is 6.92 Å². The minimum Gasteiger partial charge on any atom is -0.493 e. The van der Waals surface area contributed by atoms with E-state index in [9.17, 15) is 9.59 Å². The molecule has 1 saturated heterocycles. The summed E-state index contributed by atoms with van der Waals surface area (Å²) in [7, 11) is 0. The number of carbonyl (C=O) groups excluding carboxylic acids is 1. The van der Waals surface area contributed by atoms with Gasteiger partial charge in [0.1, 0.15) is 11.3 Å². The molecular formula is C19H23N3O4. The number of rotatable bonds is 5. The summed E-state index contributed by atoms with van der Waals surface area (Å²) in [6, 6.07) is 7.40. The number of benzene rings is 1. The van der Waals surface area contributed by atoms with Crippen molar-refractivity contribution in [3.05, 3.63) is 47.3 Å². The lowest BCUT2D eigenvalue weighted by Gasteiger charge is -2.33. The van der Waals surface area contributed by atoms with Crippen molar-refractivity contribution >= 4 is 11.9 Å². The Morgan fingerprint density at radius 1 is 1.23 bits per heavy atom. The number of likely N-dealkylation sites (tertiary alicyclic amines) is 1. The second-order valence-electron chi connectivity index (χ2n) is 6.35. The summed E-state index contributed by atoms with van der Waals surface area (Å²) < 4.78 is 7.34. The Morgan fingerprint density at radius 2 is 1.92 bits per heavy atom. The smallest absolute Gasteiger partial charge is 0.339 e. The molecule has 0 aliphatic carbocycles. The highest BCUT2D eigenvalue weighted by Gasteiger charge is 2.28. The normalized spacial score (nSPS) is 15.1. The molecule has 1 amide bonds. The molecule has 26 heavy (non-hydrogen) atoms. The summed E-state index contributed by atoms with van der Waals surface area (Å²) in [5, 5.41) is 13.4. The van der Waals surface area contributed by atoms with Gasteiger partial charge in [0.15, 0.2) is 0 Å². The average Bonchev–Trinajstić information content (AvgIpc) is 3.04. The van der Waals surface area contributed by atoms with Gasteiger partial charge in [-0.3, -0.25) is 9.48 Å². The van der Waals surface area contributed by atoms with Crippen LogP contribution in [0.15, 0.2) is 30.5 Å². The Bertz CT molecular complexity index is 807. The van der Waals surface area contributed by atoms with E-state index in [-0.39, 0.29) is 17.5 Å². The molecule has 2 heterocycles. The summed E-state index contributed by atoms with van der Waals surface area (Å²) >= 11 is 0. The SMILES string of the molecule is CCOc1ccccc1C(=O)N1CCC(n2ncc(C(=O)O)c2C)CC1. The summed E-state index contributed by atoms with van der Waals surface area (Å²) in [4.78, 5) is 25.9. The zero-order valence-electron chi connectivity index (χ0n) is 15.0. The maximum atomic E-state index is 12.8. The number of ether oxygens (including phenoxy) is 1. The molecule has 1 N–H and O–H groups in total. The van der Waals surface area contributed by atoms with Gasteiger partial charge in [0, 0.05) is 13.1 Å². The van der Waals surface area contributed by atoms with Crippen molar-refractivity contribution in [2.24, 2.45) is 0 Å². The van der Waals surface area contributed by atoms with Gasteiger partial charge in [-0.2, -0.15) is 5.10 Å². The van der Waals surface area contributed by atoms with Crippen LogP contribution in [-0.2, 0) is 0 Å². The minimum atomic E-state index is -0.964. The third kappa shape index (κ3) is 3.42. The number of aromatic carboxylic acids is 1. The fourth-order valence-electron chi connectivity index (χ4n) is 3.41. The highest BCUT2D eigenvalue weighted by atomic mass is 16.5. The number of hydrogen-bond donors (Lipinski definition) is 1. The Morgan fingerprint density at radius 3 is 2.54 bits per heavy atom. The first-order chi connectivity index (χ1) is 12.5. The molecule has 0 spiro atoms. The van der Waals surface area contributed by atoms with Crippen molar-refractivity contribution in [2.45, 2.75) is 32.7 Å². The van der Waals surface area contributed by atoms with Gasteiger partial charge in [-0.05, 0) is 38.8 Å². The predicted molar refractivity (Wildman–Crippen MR) is 95.7 cm³/mol. The fraction of sp³-hybridized carbons (Fsp3) is 0.421. The van der Waals surface area contributed by atoms with Crippen molar-refractivity contribution < 1.29 is 19.4 Å². The van der Waals surface area contributed by atoms with Crippen LogP contribution in [-0.4, -0.2) is 51.4 Å². The number of aromatic nitrogens is 2. The molecule has 0 atom stereocenters. The third-order valence-corrected chi connectivity index (χ3v) is 4.79. The van der Waals surface area contributed by atoms with E-state index in [4.69, 9.17) is 9.84 Å². The molecule has 0 radical (unpaired) electrons. The number of hydrogen-bond acceptors (Lipinski definition) is 4. The molecule has 1 fully saturated rings. The van der Waals surface area contributed by atoms with Crippen LogP contribution in [0.3, 0.4) is 0 Å². The largest absolute Gasteiger partial charge is 0.493 e. The number of piperidine rings is 1. The van der Waals surface area contributed by atoms with E-state index < -0.39 is 5.97 Å². The quantitative estimate of drug-likeness (QED) is 0.889. The van der Waals surface area contributed by atoms with Crippen molar-refractivity contribution in [1.82, 2.24) is 14.7 Å². The van der Waals surface area contributed by atoms with Crippen LogP contribution in [0.1, 0.15) is 52.2 Å². The third-order valence-electron chi connectivity index (χ3n) is 4.79. The summed E-state index contributed by atoms with van der Waals surface area (Å²) in [6.07, 6.45) is 2.88. The van der Waals surface area contributed by atoms with Crippen LogP contribution in [0.25, 0.3) is 0 Å². The van der Waals surface area contributed by atoms with Crippen molar-refractivity contribution in [3.8, 4) is 5.75 Å². The fourth-order valence-corrected chi connectivity index (χ4v) is 3.41. The van der Waals surface area contributed by atoms with Gasteiger partial charge in [-0.15, -0.1) is 0 Å². The van der Waals surface area contributed by atoms with E-state index in [0.717, 1.165) is 12.8 Å². The first-order valence-electron chi connectivity index (χ1n) is 8.81. The number of carboxylic acids is 1. The van der Waals surface area contributed by atoms with E-state index >= 15 is 0 Å². The summed E-state index contributed by atoms with van der Waals surface area (Å²) in [6.45, 7) is 5.38. The van der Waals surface area contributed by atoms with Crippen molar-refractivity contribution in [3.63, 3.8) is 0 Å². The summed E-state index contributed by atoms with van der Waals surface area (Å²) in [5.74, 6) is -0.388. The second-order valence-corrected chi connectivity index (χ2v) is 6.35. The van der Waals surface area contributed by atoms with E-state index in [1.54, 1.807) is 17.7 Å². The Balaban J connectivity index is 1.69. The van der Waals surface area contributed by atoms with Gasteiger partial charge in [-0.1, -0.05) is 12.1 Å². The Hall–Kier alpha value is -2.83. The van der Waals surface area contributed by atoms with Gasteiger partial charge < -0.3 is 14.7 Å². The van der Waals surface area contributed by atoms with Crippen LogP contribution >= 0.6 is 0 Å². The zero-order valence-corrected chi connectivity index (χ0v) is 15.0. The molecular weight excluding hydrogens is 334 g/mol. The maximum absolute atomic E-state index is 12.8. The standard InChI is InChI=1S/C19H23N3O4/c1-3-26-17-7-5-4-6-15(17)18(23)21-10-8-14(9-11-21)22-13(2)16(12-20-22)19(24)25/h4-7,12,14H,3,8-11H2,1-2H3,(H,24,25). The number of amides is 1. The molecule has 1 aliphatic rings. The lowest BCUT2D eigenvalue weighted by Crippen LogP contribution is -2.39. The minimum absolute atomic E-state index is 0.0316. The highest BCUT2D eigenvalue weighted by molar-refractivity contribution is 5.97. The maximum Gasteiger partial charge on any atom is 0.339 e. The average molecular weight is 357 g/mol. The van der Waals surface area contributed by atoms with Crippen LogP contribution in [0.4, 0.5) is 0 Å². The monoisotopic (exact) mass is 357 g/mol. The van der Waals surface area contributed by atoms with E-state index in [1.807, 2.05) is 30.0 Å². The predicted octanol–water partition coefficient (Wildman–Crippen LogP) is 2.77. The number of para-hydroxylation sites is 1. The molecule has 1 aromatic heterocycles. The Kier molecular flexibility index (Phi) is 5.25. The highest BCUT2D eigenvalue weighted by Crippen LogP contribution is 2.27. The molecule has 0 unspecified atom stereocenters. The van der Waals surface area contributed by atoms with Crippen molar-refractivity contribution in [2.75, 3.05) is 19.7 Å². The first kappa shape index (κ1) is 18.0. The topological polar surface area (TPSA) is 84.7 Å². The Labute approximate surface area is 152 Å². The lowest BCUT2D eigenvalue weighted by molar-refractivity contribution is 0.0684. The second kappa shape index (κ2) is 7.59. The van der Waals surface area contributed by atoms with E-state index in [1.165, 1.54) is 6.20 Å². The number of nitrogens with zero attached hydrogens (tertiary/aromatic N) is 3. The van der Waals surface area contributed by atoms with Gasteiger partial charge in [0.25, 0.3) is 5.91 Å². The molecule has 1 aromatic carbocycles. The van der Waals surface area contributed by atoms with Gasteiger partial charge in [0.2, 0.25) is 0 Å². The van der Waals surface area contributed by atoms with Crippen LogP contribution in [0.2, 0.25) is 0 Å². The molecule has 7 heteroatoms. The molecule has 7 nitrogen and oxygen atoms in total. The van der Waals surface area contributed by atoms with Crippen molar-refractivity contribution in [1.29, 1.82) is 0 Å². The molecule has 138 valence electrons. The molecule has 3 rings (SSSR count). The lowest BCUT2D eigenvalue weighted by atomic mass is 10.0. The number of carboxylic acid groups (broad SMARTS) is 1. The molecule has 0 saturated carbocycles. The van der Waals surface area contributed by atoms with E-state index in [0.29, 0.717) is 36.7 Å². The molecule has 0 bridgehead atoms.